The fourth-order valence-corrected chi connectivity index (χ4v) is 5.21. The van der Waals surface area contributed by atoms with Crippen molar-refractivity contribution in [3.63, 3.8) is 0 Å². The lowest BCUT2D eigenvalue weighted by atomic mass is 10.0. The van der Waals surface area contributed by atoms with Crippen molar-refractivity contribution in [2.24, 2.45) is 5.73 Å². The third-order valence-corrected chi connectivity index (χ3v) is 6.55. The third-order valence-electron chi connectivity index (χ3n) is 5.39. The summed E-state index contributed by atoms with van der Waals surface area (Å²) in [6, 6.07) is 19.6. The van der Waals surface area contributed by atoms with Gasteiger partial charge in [0.05, 0.1) is 5.56 Å². The van der Waals surface area contributed by atoms with Gasteiger partial charge in [-0.1, -0.05) is 59.9 Å². The van der Waals surface area contributed by atoms with Crippen LogP contribution in [-0.2, 0) is 19.5 Å². The summed E-state index contributed by atoms with van der Waals surface area (Å²) in [5.41, 5.74) is 9.17. The van der Waals surface area contributed by atoms with Crippen LogP contribution in [0.5, 0.6) is 0 Å². The molecule has 6 nitrogen and oxygen atoms in total. The maximum absolute atomic E-state index is 12.9. The molecule has 8 heteroatoms. The predicted molar refractivity (Wildman–Crippen MR) is 122 cm³/mol. The summed E-state index contributed by atoms with van der Waals surface area (Å²) < 4.78 is 0. The molecule has 0 saturated heterocycles. The molecule has 2 heterocycles. The van der Waals surface area contributed by atoms with Crippen molar-refractivity contribution in [3.05, 3.63) is 87.8 Å². The van der Waals surface area contributed by atoms with E-state index < -0.39 is 0 Å². The SMILES string of the molecule is NCCNC(=O)c1c([NH2+]C(=O)c2ccccc2)sc2c1CCN(Cc1ccccc1)C2.[Cl-]. The molecular weight excluding hydrogens is 444 g/mol. The first kappa shape index (κ1) is 24.1. The predicted octanol–water partition coefficient (Wildman–Crippen LogP) is -0.966. The number of fused-ring (bicyclic) bond motifs is 1. The molecule has 1 aromatic heterocycles. The topological polar surface area (TPSA) is 92.0 Å². The Morgan fingerprint density at radius 2 is 1.75 bits per heavy atom. The first-order chi connectivity index (χ1) is 15.2. The fourth-order valence-electron chi connectivity index (χ4n) is 3.88. The Morgan fingerprint density at radius 3 is 2.44 bits per heavy atom. The number of quaternary nitrogens is 1. The van der Waals surface area contributed by atoms with E-state index in [-0.39, 0.29) is 24.2 Å². The number of carbonyl (C=O) groups is 2. The molecule has 1 aliphatic heterocycles. The van der Waals surface area contributed by atoms with E-state index in [1.165, 1.54) is 5.56 Å². The highest BCUT2D eigenvalue weighted by molar-refractivity contribution is 7.15. The number of thiophene rings is 1. The van der Waals surface area contributed by atoms with E-state index in [0.717, 1.165) is 41.5 Å². The standard InChI is InChI=1S/C24H26N4O2S.ClH/c25-12-13-26-23(30)21-19-11-14-28(15-17-7-3-1-4-8-17)16-20(19)31-24(21)27-22(29)18-9-5-2-6-10-18;/h1-10H,11-16,25H2,(H,26,30)(H,27,29);1H. The van der Waals surface area contributed by atoms with E-state index in [9.17, 15) is 9.59 Å². The molecule has 1 aliphatic rings. The second kappa shape index (κ2) is 11.4. The number of nitrogens with one attached hydrogen (secondary N) is 1. The Kier molecular flexibility index (Phi) is 8.55. The summed E-state index contributed by atoms with van der Waals surface area (Å²) >= 11 is 1.55. The average Bonchev–Trinajstić information content (AvgIpc) is 3.15. The van der Waals surface area contributed by atoms with Crippen LogP contribution in [0.15, 0.2) is 60.7 Å². The molecule has 0 unspecified atom stereocenters. The zero-order valence-corrected chi connectivity index (χ0v) is 19.3. The third kappa shape index (κ3) is 5.62. The van der Waals surface area contributed by atoms with E-state index in [2.05, 4.69) is 34.5 Å². The first-order valence-corrected chi connectivity index (χ1v) is 11.3. The Balaban J connectivity index is 0.00000289. The number of carbonyl (C=O) groups excluding carboxylic acids is 2. The molecule has 0 bridgehead atoms. The molecule has 4 rings (SSSR count). The van der Waals surface area contributed by atoms with Crippen LogP contribution < -0.4 is 28.8 Å². The lowest BCUT2D eigenvalue weighted by molar-refractivity contribution is -0.459. The summed E-state index contributed by atoms with van der Waals surface area (Å²) in [6.45, 7) is 3.32. The monoisotopic (exact) mass is 470 g/mol. The Bertz CT molecular complexity index is 1060. The molecule has 0 atom stereocenters. The van der Waals surface area contributed by atoms with Crippen LogP contribution in [0.1, 0.15) is 36.7 Å². The number of benzene rings is 2. The largest absolute Gasteiger partial charge is 1.00 e. The van der Waals surface area contributed by atoms with Crippen LogP contribution in [0.3, 0.4) is 0 Å². The van der Waals surface area contributed by atoms with E-state index in [4.69, 9.17) is 5.73 Å². The first-order valence-electron chi connectivity index (χ1n) is 10.5. The fraction of sp³-hybridized carbons (Fsp3) is 0.250. The van der Waals surface area contributed by atoms with Gasteiger partial charge in [0, 0.05) is 37.6 Å². The van der Waals surface area contributed by atoms with Crippen molar-refractivity contribution in [2.75, 3.05) is 19.6 Å². The van der Waals surface area contributed by atoms with E-state index >= 15 is 0 Å². The number of nitrogens with two attached hydrogens (primary N) is 2. The van der Waals surface area contributed by atoms with Gasteiger partial charge < -0.3 is 23.5 Å². The van der Waals surface area contributed by atoms with Crippen molar-refractivity contribution >= 4 is 28.2 Å². The molecule has 32 heavy (non-hydrogen) atoms. The van der Waals surface area contributed by atoms with Gasteiger partial charge in [-0.25, -0.2) is 10.1 Å². The number of nitrogens with zero attached hydrogens (tertiary/aromatic N) is 1. The molecule has 0 fully saturated rings. The Morgan fingerprint density at radius 1 is 1.06 bits per heavy atom. The molecule has 3 aromatic rings. The number of primary amides is 1. The number of hydrogen-bond acceptors (Lipinski definition) is 5. The minimum Gasteiger partial charge on any atom is -1.00 e. The second-order valence-electron chi connectivity index (χ2n) is 7.61. The van der Waals surface area contributed by atoms with Gasteiger partial charge in [0.2, 0.25) is 5.00 Å². The van der Waals surface area contributed by atoms with Gasteiger partial charge in [-0.05, 0) is 29.7 Å². The maximum Gasteiger partial charge on any atom is 0.348 e. The van der Waals surface area contributed by atoms with Crippen LogP contribution in [0, 0.1) is 0 Å². The Labute approximate surface area is 198 Å². The van der Waals surface area contributed by atoms with Gasteiger partial charge in [0.15, 0.2) is 0 Å². The summed E-state index contributed by atoms with van der Waals surface area (Å²) in [6.07, 6.45) is 0.789. The van der Waals surface area contributed by atoms with Crippen molar-refractivity contribution in [1.82, 2.24) is 10.2 Å². The summed E-state index contributed by atoms with van der Waals surface area (Å²) in [5.74, 6) is -0.236. The quantitative estimate of drug-likeness (QED) is 0.414. The molecule has 168 valence electrons. The highest BCUT2D eigenvalue weighted by atomic mass is 35.5. The van der Waals surface area contributed by atoms with Crippen LogP contribution in [0.4, 0.5) is 5.00 Å². The van der Waals surface area contributed by atoms with Crippen LogP contribution in [0.25, 0.3) is 0 Å². The maximum atomic E-state index is 12.9. The lowest BCUT2D eigenvalue weighted by Crippen LogP contribution is -3.00. The number of halogens is 1. The zero-order valence-electron chi connectivity index (χ0n) is 17.7. The Hall–Kier alpha value is -2.55. The van der Waals surface area contributed by atoms with E-state index in [1.807, 2.05) is 24.3 Å². The van der Waals surface area contributed by atoms with E-state index in [1.54, 1.807) is 28.8 Å². The van der Waals surface area contributed by atoms with E-state index in [0.29, 0.717) is 24.2 Å². The van der Waals surface area contributed by atoms with Crippen molar-refractivity contribution in [1.29, 1.82) is 0 Å². The van der Waals surface area contributed by atoms with Gasteiger partial charge in [-0.15, -0.1) is 0 Å². The highest BCUT2D eigenvalue weighted by Gasteiger charge is 2.31. The minimum atomic E-state index is -0.147. The molecule has 0 radical (unpaired) electrons. The molecule has 0 aliphatic carbocycles. The molecule has 2 amide bonds. The van der Waals surface area contributed by atoms with Gasteiger partial charge in [0.1, 0.15) is 5.56 Å². The van der Waals surface area contributed by atoms with Crippen molar-refractivity contribution < 1.29 is 27.3 Å². The minimum absolute atomic E-state index is 0. The second-order valence-corrected chi connectivity index (χ2v) is 8.75. The summed E-state index contributed by atoms with van der Waals surface area (Å²) in [5, 5.41) is 5.23. The molecular formula is C24H27ClN4O2S. The number of amides is 2. The highest BCUT2D eigenvalue weighted by Crippen LogP contribution is 2.35. The van der Waals surface area contributed by atoms with Crippen LogP contribution in [0.2, 0.25) is 0 Å². The zero-order chi connectivity index (χ0) is 21.6. The van der Waals surface area contributed by atoms with Gasteiger partial charge in [0.25, 0.3) is 5.91 Å². The lowest BCUT2D eigenvalue weighted by Gasteiger charge is -2.27. The molecule has 0 saturated carbocycles. The molecule has 2 aromatic carbocycles. The normalized spacial score (nSPS) is 13.2. The van der Waals surface area contributed by atoms with Gasteiger partial charge >= 0.3 is 5.91 Å². The van der Waals surface area contributed by atoms with Gasteiger partial charge in [-0.3, -0.25) is 9.69 Å². The average molecular weight is 471 g/mol. The molecule has 5 N–H and O–H groups in total. The van der Waals surface area contributed by atoms with Crippen molar-refractivity contribution in [3.8, 4) is 0 Å². The van der Waals surface area contributed by atoms with Gasteiger partial charge in [-0.2, -0.15) is 0 Å². The molecule has 0 spiro atoms. The summed E-state index contributed by atoms with van der Waals surface area (Å²) in [7, 11) is 0. The van der Waals surface area contributed by atoms with Crippen molar-refractivity contribution in [2.45, 2.75) is 19.5 Å². The summed E-state index contributed by atoms with van der Waals surface area (Å²) in [4.78, 5) is 29.3. The smallest absolute Gasteiger partial charge is 0.348 e. The van der Waals surface area contributed by atoms with Crippen LogP contribution >= 0.6 is 11.3 Å². The number of hydrogen-bond donors (Lipinski definition) is 3. The number of rotatable bonds is 7. The van der Waals surface area contributed by atoms with Crippen LogP contribution in [-0.4, -0.2) is 36.3 Å².